The van der Waals surface area contributed by atoms with E-state index in [1.165, 1.54) is 16.7 Å². The SMILES string of the molecule is Cc1c(C(=O)N2CCCC23CN([C@H](C(N)=O)[C@@H](C)O)C3=O)nnn1Cc1ccccc1. The van der Waals surface area contributed by atoms with Gasteiger partial charge >= 0.3 is 0 Å². The molecule has 31 heavy (non-hydrogen) atoms. The highest BCUT2D eigenvalue weighted by atomic mass is 16.3. The Kier molecular flexibility index (Phi) is 5.26. The molecule has 2 aliphatic rings. The minimum absolute atomic E-state index is 0.160. The minimum Gasteiger partial charge on any atom is -0.391 e. The van der Waals surface area contributed by atoms with Crippen molar-refractivity contribution in [2.75, 3.05) is 13.1 Å². The first kappa shape index (κ1) is 21.0. The Labute approximate surface area is 179 Å². The molecule has 4 rings (SSSR count). The molecule has 10 nitrogen and oxygen atoms in total. The number of aromatic nitrogens is 3. The molecule has 3 amide bonds. The molecule has 0 saturated carbocycles. The van der Waals surface area contributed by atoms with Gasteiger partial charge in [-0.1, -0.05) is 35.5 Å². The van der Waals surface area contributed by atoms with Crippen molar-refractivity contribution in [1.82, 2.24) is 24.8 Å². The highest BCUT2D eigenvalue weighted by Gasteiger charge is 2.62. The van der Waals surface area contributed by atoms with Gasteiger partial charge in [0.15, 0.2) is 5.69 Å². The zero-order chi connectivity index (χ0) is 22.3. The van der Waals surface area contributed by atoms with Gasteiger partial charge in [0.25, 0.3) is 11.8 Å². The smallest absolute Gasteiger partial charge is 0.277 e. The maximum Gasteiger partial charge on any atom is 0.277 e. The number of aliphatic hydroxyl groups is 1. The summed E-state index contributed by atoms with van der Waals surface area (Å²) in [4.78, 5) is 40.9. The van der Waals surface area contributed by atoms with Crippen molar-refractivity contribution in [1.29, 1.82) is 0 Å². The lowest BCUT2D eigenvalue weighted by atomic mass is 9.83. The average Bonchev–Trinajstić information content (AvgIpc) is 3.33. The summed E-state index contributed by atoms with van der Waals surface area (Å²) in [5.41, 5.74) is 6.23. The van der Waals surface area contributed by atoms with E-state index in [-0.39, 0.29) is 24.1 Å². The summed E-state index contributed by atoms with van der Waals surface area (Å²) in [7, 11) is 0. The number of hydrogen-bond acceptors (Lipinski definition) is 6. The molecule has 1 spiro atoms. The highest BCUT2D eigenvalue weighted by Crippen LogP contribution is 2.41. The van der Waals surface area contributed by atoms with Crippen LogP contribution in [-0.2, 0) is 16.1 Å². The number of amides is 3. The summed E-state index contributed by atoms with van der Waals surface area (Å²) >= 11 is 0. The number of primary amides is 1. The number of β-lactam (4-membered cyclic amide) rings is 1. The number of carbonyl (C=O) groups is 3. The van der Waals surface area contributed by atoms with Crippen LogP contribution in [0.2, 0.25) is 0 Å². The van der Waals surface area contributed by atoms with Crippen molar-refractivity contribution in [2.45, 2.75) is 50.9 Å². The van der Waals surface area contributed by atoms with Gasteiger partial charge in [-0.15, -0.1) is 5.10 Å². The quantitative estimate of drug-likeness (QED) is 0.608. The molecule has 1 aromatic carbocycles. The Morgan fingerprint density at radius 3 is 2.61 bits per heavy atom. The standard InChI is InChI=1S/C21H26N6O4/c1-13-16(23-24-27(13)11-15-7-4-3-5-8-15)19(30)26-10-6-9-21(26)12-25(20(21)31)17(14(2)28)18(22)29/h3-5,7-8,14,17,28H,6,9-12H2,1-2H3,(H2,22,29)/t14-,17+,21?/m1/s1. The third-order valence-electron chi connectivity index (χ3n) is 6.27. The summed E-state index contributed by atoms with van der Waals surface area (Å²) < 4.78 is 1.66. The Morgan fingerprint density at radius 2 is 2.00 bits per heavy atom. The molecule has 10 heteroatoms. The molecule has 2 aromatic rings. The van der Waals surface area contributed by atoms with Gasteiger partial charge in [0.1, 0.15) is 11.6 Å². The van der Waals surface area contributed by atoms with Crippen molar-refractivity contribution in [2.24, 2.45) is 5.73 Å². The van der Waals surface area contributed by atoms with Crippen LogP contribution in [0.1, 0.15) is 41.5 Å². The number of aliphatic hydroxyl groups excluding tert-OH is 1. The lowest BCUT2D eigenvalue weighted by Crippen LogP contribution is -2.77. The lowest BCUT2D eigenvalue weighted by Gasteiger charge is -2.53. The molecule has 1 unspecified atom stereocenters. The lowest BCUT2D eigenvalue weighted by molar-refractivity contribution is -0.169. The molecule has 1 aromatic heterocycles. The molecule has 2 aliphatic heterocycles. The van der Waals surface area contributed by atoms with Gasteiger partial charge < -0.3 is 20.6 Å². The first-order chi connectivity index (χ1) is 14.8. The van der Waals surface area contributed by atoms with Gasteiger partial charge in [0, 0.05) is 6.54 Å². The number of nitrogens with zero attached hydrogens (tertiary/aromatic N) is 5. The maximum absolute atomic E-state index is 13.3. The summed E-state index contributed by atoms with van der Waals surface area (Å²) in [5.74, 6) is -1.49. The third-order valence-corrected chi connectivity index (χ3v) is 6.27. The van der Waals surface area contributed by atoms with Crippen molar-refractivity contribution in [3.8, 4) is 0 Å². The number of carbonyl (C=O) groups excluding carboxylic acids is 3. The minimum atomic E-state index is -1.11. The first-order valence-corrected chi connectivity index (χ1v) is 10.3. The monoisotopic (exact) mass is 426 g/mol. The summed E-state index contributed by atoms with van der Waals surface area (Å²) in [6, 6.07) is 8.63. The van der Waals surface area contributed by atoms with E-state index < -0.39 is 23.6 Å². The van der Waals surface area contributed by atoms with E-state index >= 15 is 0 Å². The van der Waals surface area contributed by atoms with E-state index in [1.54, 1.807) is 11.6 Å². The zero-order valence-corrected chi connectivity index (χ0v) is 17.6. The number of rotatable bonds is 6. The van der Waals surface area contributed by atoms with Crippen molar-refractivity contribution < 1.29 is 19.5 Å². The van der Waals surface area contributed by atoms with Crippen molar-refractivity contribution >= 4 is 17.7 Å². The predicted molar refractivity (Wildman–Crippen MR) is 110 cm³/mol. The van der Waals surface area contributed by atoms with Gasteiger partial charge in [-0.05, 0) is 32.3 Å². The average molecular weight is 426 g/mol. The molecule has 0 aliphatic carbocycles. The molecular weight excluding hydrogens is 400 g/mol. The molecule has 0 radical (unpaired) electrons. The van der Waals surface area contributed by atoms with Crippen molar-refractivity contribution in [3.63, 3.8) is 0 Å². The first-order valence-electron chi connectivity index (χ1n) is 10.3. The second-order valence-corrected chi connectivity index (χ2v) is 8.28. The van der Waals surface area contributed by atoms with Gasteiger partial charge in [0.05, 0.1) is 24.9 Å². The fourth-order valence-corrected chi connectivity index (χ4v) is 4.63. The van der Waals surface area contributed by atoms with Gasteiger partial charge in [-0.2, -0.15) is 0 Å². The molecule has 2 fully saturated rings. The predicted octanol–water partition coefficient (Wildman–Crippen LogP) is -0.313. The molecule has 164 valence electrons. The third kappa shape index (κ3) is 3.36. The normalized spacial score (nSPS) is 22.5. The summed E-state index contributed by atoms with van der Waals surface area (Å²) in [6.07, 6.45) is 0.0686. The summed E-state index contributed by atoms with van der Waals surface area (Å²) in [5, 5.41) is 18.1. The van der Waals surface area contributed by atoms with Crippen LogP contribution in [0.25, 0.3) is 0 Å². The second kappa shape index (κ2) is 7.77. The van der Waals surface area contributed by atoms with Crippen LogP contribution >= 0.6 is 0 Å². The number of benzene rings is 1. The fourth-order valence-electron chi connectivity index (χ4n) is 4.63. The molecule has 3 N–H and O–H groups in total. The molecule has 3 heterocycles. The van der Waals surface area contributed by atoms with Crippen LogP contribution in [0.5, 0.6) is 0 Å². The van der Waals surface area contributed by atoms with Gasteiger partial charge in [0.2, 0.25) is 5.91 Å². The number of nitrogens with two attached hydrogens (primary N) is 1. The van der Waals surface area contributed by atoms with Gasteiger partial charge in [-0.25, -0.2) is 4.68 Å². The molecule has 2 saturated heterocycles. The van der Waals surface area contributed by atoms with Crippen molar-refractivity contribution in [3.05, 3.63) is 47.3 Å². The van der Waals surface area contributed by atoms with Crippen LogP contribution in [-0.4, -0.2) is 78.4 Å². The van der Waals surface area contributed by atoms with E-state index in [0.29, 0.717) is 31.6 Å². The topological polar surface area (TPSA) is 135 Å². The highest BCUT2D eigenvalue weighted by molar-refractivity contribution is 6.03. The van der Waals surface area contributed by atoms with E-state index in [4.69, 9.17) is 5.73 Å². The molecule has 0 bridgehead atoms. The van der Waals surface area contributed by atoms with Crippen LogP contribution in [0.15, 0.2) is 30.3 Å². The largest absolute Gasteiger partial charge is 0.391 e. The Hall–Kier alpha value is -3.27. The van der Waals surface area contributed by atoms with Gasteiger partial charge in [-0.3, -0.25) is 14.4 Å². The summed E-state index contributed by atoms with van der Waals surface area (Å²) in [6.45, 7) is 4.26. The molecular formula is C21H26N6O4. The molecule has 3 atom stereocenters. The van der Waals surface area contributed by atoms with E-state index in [9.17, 15) is 19.5 Å². The zero-order valence-electron chi connectivity index (χ0n) is 17.6. The Bertz CT molecular complexity index is 1020. The Morgan fingerprint density at radius 1 is 1.29 bits per heavy atom. The Balaban J connectivity index is 1.54. The fraction of sp³-hybridized carbons (Fsp3) is 0.476. The van der Waals surface area contributed by atoms with Crippen LogP contribution in [0, 0.1) is 6.92 Å². The second-order valence-electron chi connectivity index (χ2n) is 8.28. The number of hydrogen-bond donors (Lipinski definition) is 2. The van der Waals surface area contributed by atoms with Crippen LogP contribution in [0.4, 0.5) is 0 Å². The van der Waals surface area contributed by atoms with Crippen LogP contribution in [0.3, 0.4) is 0 Å². The maximum atomic E-state index is 13.3. The van der Waals surface area contributed by atoms with E-state index in [0.717, 1.165) is 5.56 Å². The van der Waals surface area contributed by atoms with E-state index in [1.807, 2.05) is 30.3 Å². The number of likely N-dealkylation sites (tertiary alicyclic amines) is 2. The van der Waals surface area contributed by atoms with Crippen LogP contribution < -0.4 is 5.73 Å². The van der Waals surface area contributed by atoms with E-state index in [2.05, 4.69) is 10.3 Å².